The number of cyclic esters (lactones) is 1. The number of nitrogens with zero attached hydrogens (tertiary/aromatic N) is 3. The summed E-state index contributed by atoms with van der Waals surface area (Å²) >= 11 is 1.51. The SMILES string of the molecule is CC1(C)COC(=O)N(C2CCN(C(=O)CN3C(=O)CSc4ccccc43)CC2)C1. The van der Waals surface area contributed by atoms with Gasteiger partial charge in [-0.25, -0.2) is 4.79 Å². The highest BCUT2D eigenvalue weighted by Gasteiger charge is 2.38. The van der Waals surface area contributed by atoms with Crippen molar-refractivity contribution in [2.45, 2.75) is 37.6 Å². The highest BCUT2D eigenvalue weighted by molar-refractivity contribution is 8.00. The fourth-order valence-corrected chi connectivity index (χ4v) is 5.11. The molecular weight excluding hydrogens is 390 g/mol. The van der Waals surface area contributed by atoms with Crippen LogP contribution >= 0.6 is 11.8 Å². The van der Waals surface area contributed by atoms with Crippen LogP contribution in [-0.4, -0.2) is 72.3 Å². The lowest BCUT2D eigenvalue weighted by molar-refractivity contribution is -0.132. The number of para-hydroxylation sites is 1. The third-order valence-corrected chi connectivity index (χ3v) is 6.83. The Balaban J connectivity index is 1.36. The minimum atomic E-state index is -0.248. The second kappa shape index (κ2) is 7.89. The van der Waals surface area contributed by atoms with Crippen LogP contribution in [0.5, 0.6) is 0 Å². The molecule has 2 saturated heterocycles. The molecule has 8 heteroatoms. The fraction of sp³-hybridized carbons (Fsp3) is 0.571. The lowest BCUT2D eigenvalue weighted by atomic mass is 9.91. The van der Waals surface area contributed by atoms with Crippen LogP contribution in [0, 0.1) is 5.41 Å². The molecule has 2 fully saturated rings. The summed E-state index contributed by atoms with van der Waals surface area (Å²) in [6.45, 7) is 6.57. The van der Waals surface area contributed by atoms with E-state index in [0.717, 1.165) is 23.4 Å². The van der Waals surface area contributed by atoms with Gasteiger partial charge in [0.1, 0.15) is 6.54 Å². The molecule has 0 spiro atoms. The quantitative estimate of drug-likeness (QED) is 0.756. The molecule has 3 aliphatic rings. The van der Waals surface area contributed by atoms with E-state index in [0.29, 0.717) is 32.0 Å². The summed E-state index contributed by atoms with van der Waals surface area (Å²) in [4.78, 5) is 43.8. The van der Waals surface area contributed by atoms with Gasteiger partial charge in [-0.3, -0.25) is 9.59 Å². The number of anilines is 1. The van der Waals surface area contributed by atoms with Gasteiger partial charge in [-0.2, -0.15) is 0 Å². The zero-order valence-electron chi connectivity index (χ0n) is 16.9. The van der Waals surface area contributed by atoms with Gasteiger partial charge in [0.2, 0.25) is 11.8 Å². The molecule has 0 atom stereocenters. The molecule has 156 valence electrons. The lowest BCUT2D eigenvalue weighted by Crippen LogP contribution is -2.56. The van der Waals surface area contributed by atoms with E-state index >= 15 is 0 Å². The number of carbonyl (C=O) groups excluding carboxylic acids is 3. The summed E-state index contributed by atoms with van der Waals surface area (Å²) in [5, 5.41) is 0. The molecule has 1 aromatic rings. The average Bonchev–Trinajstić information content (AvgIpc) is 2.72. The van der Waals surface area contributed by atoms with Crippen molar-refractivity contribution in [3.8, 4) is 0 Å². The molecule has 0 unspecified atom stereocenters. The van der Waals surface area contributed by atoms with Crippen LogP contribution in [0.15, 0.2) is 29.2 Å². The molecule has 3 amide bonds. The Morgan fingerprint density at radius 2 is 1.93 bits per heavy atom. The molecule has 0 aliphatic carbocycles. The maximum Gasteiger partial charge on any atom is 0.410 e. The average molecular weight is 418 g/mol. The Hall–Kier alpha value is -2.22. The third kappa shape index (κ3) is 4.22. The van der Waals surface area contributed by atoms with Crippen molar-refractivity contribution >= 4 is 35.4 Å². The van der Waals surface area contributed by atoms with E-state index < -0.39 is 0 Å². The molecule has 0 saturated carbocycles. The Bertz CT molecular complexity index is 820. The van der Waals surface area contributed by atoms with Gasteiger partial charge >= 0.3 is 6.09 Å². The molecule has 29 heavy (non-hydrogen) atoms. The molecule has 0 N–H and O–H groups in total. The molecule has 0 radical (unpaired) electrons. The van der Waals surface area contributed by atoms with E-state index in [1.807, 2.05) is 34.1 Å². The van der Waals surface area contributed by atoms with Crippen LogP contribution in [0.25, 0.3) is 0 Å². The molecule has 0 bridgehead atoms. The zero-order valence-corrected chi connectivity index (χ0v) is 17.7. The summed E-state index contributed by atoms with van der Waals surface area (Å²) in [6.07, 6.45) is 1.22. The minimum absolute atomic E-state index is 0.0322. The molecule has 4 rings (SSSR count). The van der Waals surface area contributed by atoms with Gasteiger partial charge in [-0.1, -0.05) is 26.0 Å². The Morgan fingerprint density at radius 1 is 1.21 bits per heavy atom. The van der Waals surface area contributed by atoms with Crippen molar-refractivity contribution in [2.24, 2.45) is 5.41 Å². The van der Waals surface area contributed by atoms with E-state index in [1.165, 1.54) is 11.8 Å². The maximum absolute atomic E-state index is 12.9. The molecule has 3 aliphatic heterocycles. The smallest absolute Gasteiger partial charge is 0.410 e. The van der Waals surface area contributed by atoms with Crippen molar-refractivity contribution in [3.05, 3.63) is 24.3 Å². The Kier molecular flexibility index (Phi) is 5.46. The Labute approximate surface area is 175 Å². The largest absolute Gasteiger partial charge is 0.449 e. The normalized spacial score (nSPS) is 22.3. The van der Waals surface area contributed by atoms with Crippen molar-refractivity contribution < 1.29 is 19.1 Å². The van der Waals surface area contributed by atoms with Crippen LogP contribution in [0.4, 0.5) is 10.5 Å². The second-order valence-electron chi connectivity index (χ2n) is 8.69. The van der Waals surface area contributed by atoms with Gasteiger partial charge < -0.3 is 19.4 Å². The highest BCUT2D eigenvalue weighted by Crippen LogP contribution is 2.35. The van der Waals surface area contributed by atoms with E-state index in [-0.39, 0.29) is 35.9 Å². The topological polar surface area (TPSA) is 70.2 Å². The highest BCUT2D eigenvalue weighted by atomic mass is 32.2. The van der Waals surface area contributed by atoms with Crippen molar-refractivity contribution in [1.82, 2.24) is 9.80 Å². The van der Waals surface area contributed by atoms with Gasteiger partial charge in [-0.05, 0) is 25.0 Å². The molecule has 3 heterocycles. The number of ether oxygens (including phenoxy) is 1. The van der Waals surface area contributed by atoms with Crippen molar-refractivity contribution in [2.75, 3.05) is 43.4 Å². The number of likely N-dealkylation sites (tertiary alicyclic amines) is 1. The first kappa shape index (κ1) is 20.1. The first-order chi connectivity index (χ1) is 13.8. The third-order valence-electron chi connectivity index (χ3n) is 5.78. The van der Waals surface area contributed by atoms with Gasteiger partial charge in [0.15, 0.2) is 0 Å². The van der Waals surface area contributed by atoms with E-state index in [2.05, 4.69) is 13.8 Å². The summed E-state index contributed by atoms with van der Waals surface area (Å²) in [7, 11) is 0. The number of hydrogen-bond donors (Lipinski definition) is 0. The first-order valence-electron chi connectivity index (χ1n) is 10.1. The number of thioether (sulfide) groups is 1. The number of carbonyl (C=O) groups is 3. The van der Waals surface area contributed by atoms with Crippen molar-refractivity contribution in [1.29, 1.82) is 0 Å². The fourth-order valence-electron chi connectivity index (χ4n) is 4.18. The first-order valence-corrected chi connectivity index (χ1v) is 11.1. The number of hydrogen-bond acceptors (Lipinski definition) is 5. The van der Waals surface area contributed by atoms with Crippen molar-refractivity contribution in [3.63, 3.8) is 0 Å². The summed E-state index contributed by atoms with van der Waals surface area (Å²) < 4.78 is 5.34. The Morgan fingerprint density at radius 3 is 2.69 bits per heavy atom. The van der Waals surface area contributed by atoms with Crippen LogP contribution in [-0.2, 0) is 14.3 Å². The van der Waals surface area contributed by atoms with Crippen LogP contribution in [0.1, 0.15) is 26.7 Å². The molecule has 1 aromatic carbocycles. The van der Waals surface area contributed by atoms with Crippen LogP contribution in [0.2, 0.25) is 0 Å². The second-order valence-corrected chi connectivity index (χ2v) is 9.71. The minimum Gasteiger partial charge on any atom is -0.449 e. The summed E-state index contributed by atoms with van der Waals surface area (Å²) in [5.74, 6) is 0.287. The zero-order chi connectivity index (χ0) is 20.6. The number of rotatable bonds is 3. The summed E-state index contributed by atoms with van der Waals surface area (Å²) in [5.41, 5.74) is 0.760. The van der Waals surface area contributed by atoms with E-state index in [9.17, 15) is 14.4 Å². The van der Waals surface area contributed by atoms with Gasteiger partial charge in [0.25, 0.3) is 0 Å². The van der Waals surface area contributed by atoms with Crippen LogP contribution in [0.3, 0.4) is 0 Å². The number of benzene rings is 1. The number of piperidine rings is 1. The van der Waals surface area contributed by atoms with Gasteiger partial charge in [0.05, 0.1) is 18.0 Å². The van der Waals surface area contributed by atoms with Gasteiger partial charge in [-0.15, -0.1) is 11.8 Å². The summed E-state index contributed by atoms with van der Waals surface area (Å²) in [6, 6.07) is 7.80. The van der Waals surface area contributed by atoms with Crippen LogP contribution < -0.4 is 4.90 Å². The monoisotopic (exact) mass is 417 g/mol. The standard InChI is InChI=1S/C21H27N3O4S/c1-21(2)13-24(20(27)28-14-21)15-7-9-22(10-8-15)18(25)11-23-16-5-3-4-6-17(16)29-12-19(23)26/h3-6,15H,7-14H2,1-2H3. The number of amides is 3. The number of fused-ring (bicyclic) bond motifs is 1. The molecular formula is C21H27N3O4S. The van der Waals surface area contributed by atoms with Gasteiger partial charge in [0, 0.05) is 36.0 Å². The maximum atomic E-state index is 12.9. The molecule has 0 aromatic heterocycles. The predicted octanol–water partition coefficient (Wildman–Crippen LogP) is 2.59. The van der Waals surface area contributed by atoms with E-state index in [1.54, 1.807) is 4.90 Å². The predicted molar refractivity (Wildman–Crippen MR) is 111 cm³/mol. The van der Waals surface area contributed by atoms with E-state index in [4.69, 9.17) is 4.74 Å². The molecule has 7 nitrogen and oxygen atoms in total. The lowest BCUT2D eigenvalue weighted by Gasteiger charge is -2.44.